The third kappa shape index (κ3) is 1.71. The number of hydrogen-bond acceptors (Lipinski definition) is 3. The lowest BCUT2D eigenvalue weighted by Gasteiger charge is -1.98. The molecule has 0 fully saturated rings. The minimum absolute atomic E-state index is 0.0771. The second-order valence-corrected chi connectivity index (χ2v) is 3.11. The zero-order valence-corrected chi connectivity index (χ0v) is 8.06. The Morgan fingerprint density at radius 1 is 1.53 bits per heavy atom. The minimum atomic E-state index is -1.02. The number of pyridine rings is 1. The van der Waals surface area contributed by atoms with Crippen LogP contribution >= 0.6 is 0 Å². The van der Waals surface area contributed by atoms with E-state index in [2.05, 4.69) is 15.2 Å². The van der Waals surface area contributed by atoms with Gasteiger partial charge in [0.2, 0.25) is 0 Å². The van der Waals surface area contributed by atoms with E-state index in [0.29, 0.717) is 5.69 Å². The van der Waals surface area contributed by atoms with Crippen LogP contribution in [0.15, 0.2) is 24.4 Å². The molecule has 0 aliphatic heterocycles. The van der Waals surface area contributed by atoms with Crippen LogP contribution in [0.25, 0.3) is 11.3 Å². The largest absolute Gasteiger partial charge is 0.477 e. The fourth-order valence-corrected chi connectivity index (χ4v) is 1.32. The molecule has 0 aromatic carbocycles. The highest BCUT2D eigenvalue weighted by atomic mass is 16.4. The Bertz CT molecular complexity index is 505. The van der Waals surface area contributed by atoms with Crippen LogP contribution in [0.1, 0.15) is 16.2 Å². The first-order valence-electron chi connectivity index (χ1n) is 4.39. The number of nitrogens with zero attached hydrogens (tertiary/aromatic N) is 2. The predicted octanol–water partition coefficient (Wildman–Crippen LogP) is 1.48. The first-order chi connectivity index (χ1) is 7.18. The maximum atomic E-state index is 10.6. The number of aromatic nitrogens is 3. The Morgan fingerprint density at radius 3 is 2.93 bits per heavy atom. The number of aromatic amines is 1. The highest BCUT2D eigenvalue weighted by Crippen LogP contribution is 2.19. The zero-order valence-electron chi connectivity index (χ0n) is 8.06. The van der Waals surface area contributed by atoms with Gasteiger partial charge in [0.25, 0.3) is 0 Å². The van der Waals surface area contributed by atoms with E-state index in [0.717, 1.165) is 11.3 Å². The highest BCUT2D eigenvalue weighted by molar-refractivity contribution is 5.86. The van der Waals surface area contributed by atoms with Gasteiger partial charge >= 0.3 is 5.97 Å². The number of nitrogens with one attached hydrogen (secondary N) is 1. The van der Waals surface area contributed by atoms with Crippen molar-refractivity contribution < 1.29 is 9.90 Å². The molecule has 2 heterocycles. The smallest absolute Gasteiger partial charge is 0.353 e. The van der Waals surface area contributed by atoms with Gasteiger partial charge in [-0.15, -0.1) is 0 Å². The average Bonchev–Trinajstić information content (AvgIpc) is 2.67. The Labute approximate surface area is 85.8 Å². The number of carboxylic acid groups (broad SMARTS) is 1. The zero-order chi connectivity index (χ0) is 10.8. The van der Waals surface area contributed by atoms with E-state index in [1.165, 1.54) is 6.07 Å². The van der Waals surface area contributed by atoms with Crippen LogP contribution in [0.2, 0.25) is 0 Å². The lowest BCUT2D eigenvalue weighted by molar-refractivity contribution is 0.0690. The Balaban J connectivity index is 2.46. The van der Waals surface area contributed by atoms with Gasteiger partial charge in [0, 0.05) is 17.5 Å². The molecule has 76 valence electrons. The van der Waals surface area contributed by atoms with Gasteiger partial charge in [-0.25, -0.2) is 4.79 Å². The van der Waals surface area contributed by atoms with E-state index < -0.39 is 5.97 Å². The van der Waals surface area contributed by atoms with Crippen LogP contribution in [-0.4, -0.2) is 26.3 Å². The predicted molar refractivity (Wildman–Crippen MR) is 53.5 cm³/mol. The maximum absolute atomic E-state index is 10.6. The third-order valence-electron chi connectivity index (χ3n) is 2.09. The van der Waals surface area contributed by atoms with Crippen LogP contribution in [0.3, 0.4) is 0 Å². The fourth-order valence-electron chi connectivity index (χ4n) is 1.32. The van der Waals surface area contributed by atoms with Gasteiger partial charge in [0.05, 0.1) is 5.69 Å². The molecule has 2 rings (SSSR count). The molecule has 2 aromatic rings. The molecular weight excluding hydrogens is 194 g/mol. The second kappa shape index (κ2) is 3.53. The molecule has 0 unspecified atom stereocenters. The molecule has 2 aromatic heterocycles. The van der Waals surface area contributed by atoms with Gasteiger partial charge in [-0.1, -0.05) is 0 Å². The molecule has 0 spiro atoms. The van der Waals surface area contributed by atoms with Crippen LogP contribution in [0.5, 0.6) is 0 Å². The molecule has 0 aliphatic rings. The van der Waals surface area contributed by atoms with E-state index in [1.807, 2.05) is 13.0 Å². The molecule has 0 atom stereocenters. The standard InChI is InChI=1S/C10H9N3O2/c1-6-7(3-2-4-11-6)8-5-9(10(14)15)13-12-8/h2-5H,1H3,(H,12,13)(H,14,15). The number of H-pyrrole nitrogens is 1. The molecular formula is C10H9N3O2. The van der Waals surface area contributed by atoms with Crippen LogP contribution < -0.4 is 0 Å². The second-order valence-electron chi connectivity index (χ2n) is 3.11. The number of hydrogen-bond donors (Lipinski definition) is 2. The number of carboxylic acids is 1. The van der Waals surface area contributed by atoms with Crippen molar-refractivity contribution in [3.8, 4) is 11.3 Å². The fraction of sp³-hybridized carbons (Fsp3) is 0.100. The van der Waals surface area contributed by atoms with Crippen LogP contribution in [0.4, 0.5) is 0 Å². The molecule has 2 N–H and O–H groups in total. The van der Waals surface area contributed by atoms with E-state index in [9.17, 15) is 4.79 Å². The summed E-state index contributed by atoms with van der Waals surface area (Å²) in [4.78, 5) is 14.8. The van der Waals surface area contributed by atoms with Crippen molar-refractivity contribution in [1.82, 2.24) is 15.2 Å². The molecule has 5 heteroatoms. The SMILES string of the molecule is Cc1ncccc1-c1cc(C(=O)O)[nH]n1. The molecule has 0 amide bonds. The number of rotatable bonds is 2. The number of aromatic carboxylic acids is 1. The highest BCUT2D eigenvalue weighted by Gasteiger charge is 2.10. The summed E-state index contributed by atoms with van der Waals surface area (Å²) >= 11 is 0. The van der Waals surface area contributed by atoms with Gasteiger partial charge < -0.3 is 5.11 Å². The summed E-state index contributed by atoms with van der Waals surface area (Å²) < 4.78 is 0. The van der Waals surface area contributed by atoms with Gasteiger partial charge in [0.15, 0.2) is 0 Å². The van der Waals surface area contributed by atoms with Gasteiger partial charge in [-0.3, -0.25) is 10.1 Å². The maximum Gasteiger partial charge on any atom is 0.353 e. The van der Waals surface area contributed by atoms with Crippen molar-refractivity contribution in [2.45, 2.75) is 6.92 Å². The minimum Gasteiger partial charge on any atom is -0.477 e. The summed E-state index contributed by atoms with van der Waals surface area (Å²) in [5, 5.41) is 15.1. The molecule has 15 heavy (non-hydrogen) atoms. The quantitative estimate of drug-likeness (QED) is 0.774. The monoisotopic (exact) mass is 203 g/mol. The molecule has 0 bridgehead atoms. The molecule has 5 nitrogen and oxygen atoms in total. The summed E-state index contributed by atoms with van der Waals surface area (Å²) in [5.74, 6) is -1.02. The number of carbonyl (C=O) groups is 1. The van der Waals surface area contributed by atoms with Crippen LogP contribution in [-0.2, 0) is 0 Å². The summed E-state index contributed by atoms with van der Waals surface area (Å²) in [6, 6.07) is 5.13. The van der Waals surface area contributed by atoms with Crippen molar-refractivity contribution in [3.63, 3.8) is 0 Å². The average molecular weight is 203 g/mol. The summed E-state index contributed by atoms with van der Waals surface area (Å²) in [5.41, 5.74) is 2.33. The molecule has 0 aliphatic carbocycles. The normalized spacial score (nSPS) is 10.2. The van der Waals surface area contributed by atoms with E-state index in [4.69, 9.17) is 5.11 Å². The van der Waals surface area contributed by atoms with Crippen molar-refractivity contribution in [1.29, 1.82) is 0 Å². The lowest BCUT2D eigenvalue weighted by atomic mass is 10.1. The van der Waals surface area contributed by atoms with Gasteiger partial charge in [0.1, 0.15) is 5.69 Å². The first-order valence-corrected chi connectivity index (χ1v) is 4.39. The van der Waals surface area contributed by atoms with Crippen molar-refractivity contribution in [3.05, 3.63) is 35.8 Å². The Hall–Kier alpha value is -2.17. The molecule has 0 saturated carbocycles. The summed E-state index contributed by atoms with van der Waals surface area (Å²) in [6.07, 6.45) is 1.68. The van der Waals surface area contributed by atoms with Gasteiger partial charge in [-0.05, 0) is 25.1 Å². The summed E-state index contributed by atoms with van der Waals surface area (Å²) in [7, 11) is 0. The topological polar surface area (TPSA) is 78.9 Å². The van der Waals surface area contributed by atoms with Crippen LogP contribution in [0, 0.1) is 6.92 Å². The first kappa shape index (κ1) is 9.39. The lowest BCUT2D eigenvalue weighted by Crippen LogP contribution is -1.95. The molecule has 0 radical (unpaired) electrons. The Kier molecular flexibility index (Phi) is 2.21. The van der Waals surface area contributed by atoms with Crippen molar-refractivity contribution in [2.24, 2.45) is 0 Å². The third-order valence-corrected chi connectivity index (χ3v) is 2.09. The van der Waals surface area contributed by atoms with Gasteiger partial charge in [-0.2, -0.15) is 5.10 Å². The van der Waals surface area contributed by atoms with Crippen molar-refractivity contribution >= 4 is 5.97 Å². The summed E-state index contributed by atoms with van der Waals surface area (Å²) in [6.45, 7) is 1.85. The number of aryl methyl sites for hydroxylation is 1. The Morgan fingerprint density at radius 2 is 2.33 bits per heavy atom. The molecule has 0 saturated heterocycles. The van der Waals surface area contributed by atoms with E-state index in [1.54, 1.807) is 12.3 Å². The van der Waals surface area contributed by atoms with Crippen molar-refractivity contribution in [2.75, 3.05) is 0 Å². The van der Waals surface area contributed by atoms with E-state index in [-0.39, 0.29) is 5.69 Å². The van der Waals surface area contributed by atoms with E-state index >= 15 is 0 Å².